The van der Waals surface area contributed by atoms with Crippen LogP contribution in [0, 0.1) is 22.7 Å². The number of nitrogens with zero attached hydrogens (tertiary/aromatic N) is 1. The number of hydrogen-bond acceptors (Lipinski definition) is 19. The fourth-order valence-corrected chi connectivity index (χ4v) is 6.31. The molecule has 0 aromatic carbocycles. The third kappa shape index (κ3) is 26.0. The van der Waals surface area contributed by atoms with E-state index in [0.717, 1.165) is 0 Å². The van der Waals surface area contributed by atoms with E-state index in [-0.39, 0.29) is 50.0 Å². The molecule has 0 amide bonds. The molecule has 17 N–H and O–H groups in total. The second-order valence-corrected chi connectivity index (χ2v) is 17.1. The summed E-state index contributed by atoms with van der Waals surface area (Å²) in [5.74, 6) is 0.115. The second-order valence-electron chi connectivity index (χ2n) is 17.1. The van der Waals surface area contributed by atoms with Gasteiger partial charge in [0.25, 0.3) is 0 Å². The van der Waals surface area contributed by atoms with Gasteiger partial charge < -0.3 is 51.3 Å². The van der Waals surface area contributed by atoms with Gasteiger partial charge in [0.2, 0.25) is 6.41 Å². The predicted octanol–water partition coefficient (Wildman–Crippen LogP) is -1.24. The monoisotopic (exact) mass is 828 g/mol. The first-order valence-electron chi connectivity index (χ1n) is 21.0. The van der Waals surface area contributed by atoms with E-state index in [1.165, 1.54) is 0 Å². The quantitative estimate of drug-likeness (QED) is 0.0200. The molecule has 13 atom stereocenters. The van der Waals surface area contributed by atoms with Crippen LogP contribution in [0.5, 0.6) is 0 Å². The zero-order valence-corrected chi connectivity index (χ0v) is 36.3. The summed E-state index contributed by atoms with van der Waals surface area (Å²) in [7, 11) is 0. The van der Waals surface area contributed by atoms with E-state index in [9.17, 15) is 45.8 Å². The first kappa shape index (κ1) is 55.9. The number of unbranched alkanes of at least 4 members (excludes halogenated alkanes) is 2. The van der Waals surface area contributed by atoms with Gasteiger partial charge in [0.05, 0.1) is 30.8 Å². The molecule has 342 valence electrons. The molecule has 0 aliphatic heterocycles. The van der Waals surface area contributed by atoms with E-state index in [1.54, 1.807) is 20.8 Å². The van der Waals surface area contributed by atoms with Gasteiger partial charge in [-0.25, -0.2) is 0 Å². The maximum absolute atomic E-state index is 11.3. The molecular formula is C38H85N9O10. The molecule has 0 heterocycles. The molecule has 0 aliphatic carbocycles. The predicted molar refractivity (Wildman–Crippen MR) is 222 cm³/mol. The minimum atomic E-state index is -1.34. The molecule has 0 radical (unpaired) electrons. The molecule has 8 unspecified atom stereocenters. The number of ether oxygens (including phenoxy) is 1. The second kappa shape index (κ2) is 30.9. The molecule has 0 aromatic rings. The minimum absolute atomic E-state index is 0.0432. The van der Waals surface area contributed by atoms with E-state index >= 15 is 0 Å². The third-order valence-corrected chi connectivity index (χ3v) is 9.88. The Kier molecular flexibility index (Phi) is 30.3. The molecule has 0 fully saturated rings. The van der Waals surface area contributed by atoms with Gasteiger partial charge in [0, 0.05) is 31.2 Å². The van der Waals surface area contributed by atoms with Crippen molar-refractivity contribution in [2.45, 2.75) is 193 Å². The van der Waals surface area contributed by atoms with Crippen molar-refractivity contribution >= 4 is 0 Å². The smallest absolute Gasteiger partial charge is 0.214 e. The van der Waals surface area contributed by atoms with E-state index in [4.69, 9.17) is 10.5 Å². The summed E-state index contributed by atoms with van der Waals surface area (Å²) in [5.41, 5.74) is 5.07. The first-order chi connectivity index (χ1) is 26.7. The Labute approximate surface area is 342 Å². The zero-order chi connectivity index (χ0) is 43.7. The topological polar surface area (TPSA) is 311 Å². The van der Waals surface area contributed by atoms with E-state index in [1.807, 2.05) is 41.5 Å². The number of nitroso groups, excluding NO2 is 1. The van der Waals surface area contributed by atoms with Crippen molar-refractivity contribution in [3.63, 3.8) is 0 Å². The summed E-state index contributed by atoms with van der Waals surface area (Å²) < 4.78 is 5.58. The molecule has 0 aliphatic rings. The Hall–Kier alpha value is -1.08. The molecule has 0 bridgehead atoms. The van der Waals surface area contributed by atoms with Crippen LogP contribution >= 0.6 is 0 Å². The van der Waals surface area contributed by atoms with E-state index < -0.39 is 73.5 Å². The minimum Gasteiger partial charge on any atom is -0.395 e. The summed E-state index contributed by atoms with van der Waals surface area (Å²) in [5, 5.41) is 110. The molecule has 19 heteroatoms. The fraction of sp³-hybridized carbons (Fsp3) is 1.00. The Morgan fingerprint density at radius 2 is 1.23 bits per heavy atom. The van der Waals surface area contributed by atoms with Crippen LogP contribution in [0.4, 0.5) is 0 Å². The molecule has 0 spiro atoms. The van der Waals surface area contributed by atoms with Crippen LogP contribution in [0.2, 0.25) is 0 Å². The fourth-order valence-electron chi connectivity index (χ4n) is 6.31. The van der Waals surface area contributed by atoms with Gasteiger partial charge >= 0.3 is 0 Å². The molecule has 0 rings (SSSR count). The van der Waals surface area contributed by atoms with Gasteiger partial charge in [0.15, 0.2) is 0 Å². The van der Waals surface area contributed by atoms with Crippen molar-refractivity contribution in [2.75, 3.05) is 32.8 Å². The summed E-state index contributed by atoms with van der Waals surface area (Å²) in [6, 6.07) is -3.01. The van der Waals surface area contributed by atoms with Crippen molar-refractivity contribution in [2.24, 2.45) is 28.7 Å². The number of rotatable bonds is 36. The van der Waals surface area contributed by atoms with Crippen LogP contribution in [0.3, 0.4) is 0 Å². The standard InChI is InChI=1S/C38H85N9O10/c1-10-25(6)32(36(54)45-29(22-48)24(4)5)47-34(52)27(16-12-14-18-42-56)43-31(50)21-40-30(49)20-41-33(51)26(15-11-13-17-39)44-35(53)28(19-23(2)3)46-37(55)57-38(7,8)9/h23-37,40-41,43-55H,10-22,39H2,1-9H3/t25?,26-,27+,28+,29-,30?,31?,32-,33?,34?,35?,36?,37?/m1/s1. The van der Waals surface area contributed by atoms with Crippen molar-refractivity contribution < 1.29 is 45.6 Å². The summed E-state index contributed by atoms with van der Waals surface area (Å²) in [4.78, 5) is 10.7. The van der Waals surface area contributed by atoms with Crippen molar-refractivity contribution in [3.05, 3.63) is 4.91 Å². The summed E-state index contributed by atoms with van der Waals surface area (Å²) in [6.07, 6.45) is -4.25. The Morgan fingerprint density at radius 1 is 0.667 bits per heavy atom. The van der Waals surface area contributed by atoms with Crippen molar-refractivity contribution in [3.8, 4) is 0 Å². The maximum atomic E-state index is 11.3. The number of hydrogen-bond donors (Lipinski definition) is 16. The third-order valence-electron chi connectivity index (χ3n) is 9.88. The van der Waals surface area contributed by atoms with Crippen molar-refractivity contribution in [1.29, 1.82) is 0 Å². The highest BCUT2D eigenvalue weighted by Gasteiger charge is 2.33. The van der Waals surface area contributed by atoms with Gasteiger partial charge in [0.1, 0.15) is 37.4 Å². The molecule has 57 heavy (non-hydrogen) atoms. The van der Waals surface area contributed by atoms with Crippen LogP contribution in [0.1, 0.15) is 114 Å². The zero-order valence-electron chi connectivity index (χ0n) is 36.3. The number of nitrogens with two attached hydrogens (primary N) is 1. The van der Waals surface area contributed by atoms with Gasteiger partial charge in [-0.3, -0.25) is 37.2 Å². The van der Waals surface area contributed by atoms with E-state index in [2.05, 4.69) is 42.4 Å². The van der Waals surface area contributed by atoms with Gasteiger partial charge in [-0.05, 0) is 83.6 Å². The van der Waals surface area contributed by atoms with Gasteiger partial charge in [-0.2, -0.15) is 4.91 Å². The highest BCUT2D eigenvalue weighted by atomic mass is 16.6. The molecule has 19 nitrogen and oxygen atoms in total. The number of aliphatic hydroxyl groups is 8. The summed E-state index contributed by atoms with van der Waals surface area (Å²) >= 11 is 0. The largest absolute Gasteiger partial charge is 0.395 e. The molecule has 0 saturated heterocycles. The van der Waals surface area contributed by atoms with Gasteiger partial charge in [-0.15, -0.1) is 0 Å². The van der Waals surface area contributed by atoms with Gasteiger partial charge in [-0.1, -0.05) is 59.6 Å². The Balaban J connectivity index is 5.57. The highest BCUT2D eigenvalue weighted by molar-refractivity contribution is 4.88. The van der Waals surface area contributed by atoms with E-state index in [0.29, 0.717) is 57.9 Å². The molecule has 0 aromatic heterocycles. The maximum Gasteiger partial charge on any atom is 0.214 e. The SMILES string of the molecule is CCC(C)[C@@H](NC(O)[C@H](CCCCN=O)NC(O)CNC(O)CNC(O)[C@@H](CCCCN)NC(O)[C@H](CC(C)C)NC(O)OC(C)(C)C)C(O)N[C@H](CO)C(C)C. The lowest BCUT2D eigenvalue weighted by Crippen LogP contribution is -2.62. The Morgan fingerprint density at radius 3 is 1.75 bits per heavy atom. The van der Waals surface area contributed by atoms with Crippen LogP contribution in [0.25, 0.3) is 0 Å². The molecule has 0 saturated carbocycles. The Bertz CT molecular complexity index is 990. The number of aliphatic hydroxyl groups excluding tert-OH is 8. The number of nitrogens with one attached hydrogen (secondary N) is 7. The normalized spacial score (nSPS) is 19.6. The summed E-state index contributed by atoms with van der Waals surface area (Å²) in [6.45, 7) is 17.2. The lowest BCUT2D eigenvalue weighted by molar-refractivity contribution is -0.191. The lowest BCUT2D eigenvalue weighted by atomic mass is 9.95. The average molecular weight is 828 g/mol. The van der Waals surface area contributed by atoms with Crippen LogP contribution in [-0.4, -0.2) is 153 Å². The highest BCUT2D eigenvalue weighted by Crippen LogP contribution is 2.17. The van der Waals surface area contributed by atoms with Crippen LogP contribution < -0.4 is 43.0 Å². The van der Waals surface area contributed by atoms with Crippen LogP contribution in [-0.2, 0) is 4.74 Å². The first-order valence-corrected chi connectivity index (χ1v) is 21.0. The average Bonchev–Trinajstić information content (AvgIpc) is 3.12. The van der Waals surface area contributed by atoms with Crippen molar-refractivity contribution in [1.82, 2.24) is 37.2 Å². The van der Waals surface area contributed by atoms with Crippen LogP contribution in [0.15, 0.2) is 5.18 Å². The lowest BCUT2D eigenvalue weighted by Gasteiger charge is -2.37. The molecular weight excluding hydrogens is 742 g/mol.